The highest BCUT2D eigenvalue weighted by Gasteiger charge is 2.16. The molecule has 1 heterocycles. The normalized spacial score (nSPS) is 11.7. The first-order valence-corrected chi connectivity index (χ1v) is 8.68. The molecule has 1 aromatic heterocycles. The second-order valence-electron chi connectivity index (χ2n) is 5.42. The molecule has 0 aliphatic carbocycles. The van der Waals surface area contributed by atoms with Crippen LogP contribution in [0, 0.1) is 5.82 Å². The predicted molar refractivity (Wildman–Crippen MR) is 97.8 cm³/mol. The Hall–Kier alpha value is -2.15. The van der Waals surface area contributed by atoms with Crippen LogP contribution in [0.2, 0.25) is 0 Å². The molecule has 134 valence electrons. The first kappa shape index (κ1) is 19.2. The largest absolute Gasteiger partial charge is 0.489 e. The molecule has 0 aliphatic heterocycles. The van der Waals surface area contributed by atoms with Gasteiger partial charge in [0.25, 0.3) is 0 Å². The Morgan fingerprint density at radius 3 is 2.80 bits per heavy atom. The highest BCUT2D eigenvalue weighted by molar-refractivity contribution is 9.10. The fourth-order valence-corrected chi connectivity index (χ4v) is 2.75. The van der Waals surface area contributed by atoms with Gasteiger partial charge in [0.1, 0.15) is 17.3 Å². The molecule has 0 saturated heterocycles. The van der Waals surface area contributed by atoms with Crippen LogP contribution in [-0.2, 0) is 16.0 Å². The number of nitrogens with zero attached hydrogens (tertiary/aromatic N) is 2. The van der Waals surface area contributed by atoms with Crippen molar-refractivity contribution in [1.82, 2.24) is 4.98 Å². The molecule has 2 rings (SSSR count). The van der Waals surface area contributed by atoms with Gasteiger partial charge >= 0.3 is 5.97 Å². The first-order valence-electron chi connectivity index (χ1n) is 7.76. The number of aromatic nitrogens is 1. The molecule has 0 bridgehead atoms. The monoisotopic (exact) mass is 410 g/mol. The van der Waals surface area contributed by atoms with Gasteiger partial charge in [0.15, 0.2) is 11.6 Å². The zero-order valence-corrected chi connectivity index (χ0v) is 15.7. The molecule has 1 atom stereocenters. The van der Waals surface area contributed by atoms with Crippen LogP contribution in [0.1, 0.15) is 5.56 Å². The maximum absolute atomic E-state index is 14.1. The lowest BCUT2D eigenvalue weighted by atomic mass is 10.1. The standard InChI is InChI=1S/C18H20BrFN2O3/c1-22(17-5-3-4-8-21-17)9-10-25-16-7-6-13(12-15(16)20)11-14(19)18(23)24-2/h3-8,12,14H,9-11H2,1-2H3. The van der Waals surface area contributed by atoms with E-state index in [2.05, 4.69) is 25.7 Å². The van der Waals surface area contributed by atoms with Crippen molar-refractivity contribution < 1.29 is 18.7 Å². The number of alkyl halides is 1. The van der Waals surface area contributed by atoms with Crippen molar-refractivity contribution in [2.45, 2.75) is 11.2 Å². The van der Waals surface area contributed by atoms with Crippen LogP contribution >= 0.6 is 15.9 Å². The van der Waals surface area contributed by atoms with Crippen molar-refractivity contribution in [2.24, 2.45) is 0 Å². The van der Waals surface area contributed by atoms with Crippen molar-refractivity contribution in [3.63, 3.8) is 0 Å². The summed E-state index contributed by atoms with van der Waals surface area (Å²) in [5.74, 6) is 0.163. The van der Waals surface area contributed by atoms with Crippen LogP contribution in [0.5, 0.6) is 5.75 Å². The lowest BCUT2D eigenvalue weighted by Crippen LogP contribution is -2.24. The summed E-state index contributed by atoms with van der Waals surface area (Å²) in [5.41, 5.74) is 0.683. The molecule has 0 aliphatic rings. The van der Waals surface area contributed by atoms with E-state index in [4.69, 9.17) is 4.74 Å². The molecular formula is C18H20BrFN2O3. The van der Waals surface area contributed by atoms with Gasteiger partial charge in [0.05, 0.1) is 13.7 Å². The SMILES string of the molecule is COC(=O)C(Br)Cc1ccc(OCCN(C)c2ccccn2)c(F)c1. The topological polar surface area (TPSA) is 51.7 Å². The number of pyridine rings is 1. The minimum absolute atomic E-state index is 0.183. The molecule has 0 fully saturated rings. The lowest BCUT2D eigenvalue weighted by Gasteiger charge is -2.18. The Bertz CT molecular complexity index is 700. The van der Waals surface area contributed by atoms with Crippen LogP contribution < -0.4 is 9.64 Å². The molecule has 0 N–H and O–H groups in total. The number of benzene rings is 1. The summed E-state index contributed by atoms with van der Waals surface area (Å²) in [4.78, 5) is 17.1. The highest BCUT2D eigenvalue weighted by Crippen LogP contribution is 2.21. The van der Waals surface area contributed by atoms with E-state index in [1.54, 1.807) is 18.3 Å². The number of carbonyl (C=O) groups is 1. The molecule has 7 heteroatoms. The molecule has 1 unspecified atom stereocenters. The van der Waals surface area contributed by atoms with Gasteiger partial charge in [-0.15, -0.1) is 0 Å². The summed E-state index contributed by atoms with van der Waals surface area (Å²) in [5, 5.41) is 0. The fourth-order valence-electron chi connectivity index (χ4n) is 2.19. The summed E-state index contributed by atoms with van der Waals surface area (Å²) in [6.45, 7) is 0.899. The minimum Gasteiger partial charge on any atom is -0.489 e. The Labute approximate surface area is 154 Å². The predicted octanol–water partition coefficient (Wildman–Crippen LogP) is 3.21. The van der Waals surface area contributed by atoms with Gasteiger partial charge in [-0.2, -0.15) is 0 Å². The van der Waals surface area contributed by atoms with Crippen LogP contribution in [-0.4, -0.2) is 43.1 Å². The van der Waals surface area contributed by atoms with E-state index >= 15 is 0 Å². The van der Waals surface area contributed by atoms with Crippen molar-refractivity contribution in [1.29, 1.82) is 0 Å². The molecule has 0 saturated carbocycles. The molecule has 0 radical (unpaired) electrons. The Morgan fingerprint density at radius 1 is 1.36 bits per heavy atom. The summed E-state index contributed by atoms with van der Waals surface area (Å²) in [6.07, 6.45) is 2.06. The van der Waals surface area contributed by atoms with E-state index in [0.717, 1.165) is 5.82 Å². The van der Waals surface area contributed by atoms with Gasteiger partial charge in [-0.05, 0) is 36.2 Å². The van der Waals surface area contributed by atoms with E-state index in [1.165, 1.54) is 13.2 Å². The Balaban J connectivity index is 1.87. The van der Waals surface area contributed by atoms with Crippen molar-refractivity contribution in [3.05, 3.63) is 54.0 Å². The van der Waals surface area contributed by atoms with Crippen molar-refractivity contribution in [2.75, 3.05) is 32.2 Å². The van der Waals surface area contributed by atoms with Crippen LogP contribution in [0.4, 0.5) is 10.2 Å². The van der Waals surface area contributed by atoms with E-state index in [0.29, 0.717) is 25.1 Å². The number of ether oxygens (including phenoxy) is 2. The Morgan fingerprint density at radius 2 is 2.16 bits per heavy atom. The zero-order chi connectivity index (χ0) is 18.2. The number of halogens is 2. The molecule has 0 amide bonds. The molecule has 1 aromatic carbocycles. The summed E-state index contributed by atoms with van der Waals surface area (Å²) in [6, 6.07) is 10.3. The highest BCUT2D eigenvalue weighted by atomic mass is 79.9. The van der Waals surface area contributed by atoms with Crippen LogP contribution in [0.3, 0.4) is 0 Å². The van der Waals surface area contributed by atoms with Crippen molar-refractivity contribution >= 4 is 27.7 Å². The third kappa shape index (κ3) is 5.70. The number of esters is 1. The van der Waals surface area contributed by atoms with E-state index in [-0.39, 0.29) is 5.75 Å². The smallest absolute Gasteiger partial charge is 0.319 e. The molecule has 2 aromatic rings. The third-order valence-corrected chi connectivity index (χ3v) is 4.29. The molecular weight excluding hydrogens is 391 g/mol. The molecule has 5 nitrogen and oxygen atoms in total. The fraction of sp³-hybridized carbons (Fsp3) is 0.333. The number of rotatable bonds is 8. The second kappa shape index (κ2) is 9.36. The summed E-state index contributed by atoms with van der Waals surface area (Å²) >= 11 is 3.22. The number of hydrogen-bond acceptors (Lipinski definition) is 5. The van der Waals surface area contributed by atoms with Crippen molar-refractivity contribution in [3.8, 4) is 5.75 Å². The Kier molecular flexibility index (Phi) is 7.18. The van der Waals surface area contributed by atoms with Gasteiger partial charge in [0.2, 0.25) is 0 Å². The average Bonchev–Trinajstić information content (AvgIpc) is 2.63. The van der Waals surface area contributed by atoms with Gasteiger partial charge < -0.3 is 14.4 Å². The van der Waals surface area contributed by atoms with Gasteiger partial charge in [-0.1, -0.05) is 28.1 Å². The van der Waals surface area contributed by atoms with Gasteiger partial charge in [-0.25, -0.2) is 9.37 Å². The first-order chi connectivity index (χ1) is 12.0. The zero-order valence-electron chi connectivity index (χ0n) is 14.1. The number of carbonyl (C=O) groups excluding carboxylic acids is 1. The summed E-state index contributed by atoms with van der Waals surface area (Å²) < 4.78 is 24.3. The van der Waals surface area contributed by atoms with Gasteiger partial charge in [0, 0.05) is 13.2 Å². The average molecular weight is 411 g/mol. The maximum atomic E-state index is 14.1. The lowest BCUT2D eigenvalue weighted by molar-refractivity contribution is -0.139. The number of likely N-dealkylation sites (N-methyl/N-ethyl adjacent to an activating group) is 1. The van der Waals surface area contributed by atoms with E-state index < -0.39 is 16.6 Å². The summed E-state index contributed by atoms with van der Waals surface area (Å²) in [7, 11) is 3.21. The molecule has 25 heavy (non-hydrogen) atoms. The number of anilines is 1. The second-order valence-corrected chi connectivity index (χ2v) is 6.52. The quantitative estimate of drug-likeness (QED) is 0.493. The minimum atomic E-state index is -0.504. The molecule has 0 spiro atoms. The van der Waals surface area contributed by atoms with Crippen LogP contribution in [0.25, 0.3) is 0 Å². The number of hydrogen-bond donors (Lipinski definition) is 0. The van der Waals surface area contributed by atoms with E-state index in [9.17, 15) is 9.18 Å². The number of methoxy groups -OCH3 is 1. The third-order valence-electron chi connectivity index (χ3n) is 3.59. The van der Waals surface area contributed by atoms with Gasteiger partial charge in [-0.3, -0.25) is 4.79 Å². The van der Waals surface area contributed by atoms with Crippen LogP contribution in [0.15, 0.2) is 42.6 Å². The van der Waals surface area contributed by atoms with E-state index in [1.807, 2.05) is 30.1 Å². The maximum Gasteiger partial charge on any atom is 0.319 e.